The number of benzene rings is 2. The maximum atomic E-state index is 14.2. The second kappa shape index (κ2) is 13.0. The largest absolute Gasteiger partial charge is 0.467 e. The lowest BCUT2D eigenvalue weighted by Crippen LogP contribution is -2.64. The number of nitrogens with zero attached hydrogens (tertiary/aromatic N) is 2. The Morgan fingerprint density at radius 3 is 2.23 bits per heavy atom. The van der Waals surface area contributed by atoms with Gasteiger partial charge in [-0.25, -0.2) is 9.59 Å². The Bertz CT molecular complexity index is 1190. The zero-order valence-corrected chi connectivity index (χ0v) is 23.5. The highest BCUT2D eigenvalue weighted by Gasteiger charge is 2.53. The summed E-state index contributed by atoms with van der Waals surface area (Å²) in [5.74, 6) is -1.39. The number of carbonyl (C=O) groups excluding carboxylic acids is 4. The molecule has 9 nitrogen and oxygen atoms in total. The first-order chi connectivity index (χ1) is 19.3. The van der Waals surface area contributed by atoms with Crippen LogP contribution < -0.4 is 5.32 Å². The molecule has 0 unspecified atom stereocenters. The van der Waals surface area contributed by atoms with Gasteiger partial charge in [0.2, 0.25) is 11.8 Å². The molecular formula is C31H39N3O6. The summed E-state index contributed by atoms with van der Waals surface area (Å²) in [6, 6.07) is 17.4. The van der Waals surface area contributed by atoms with Crippen LogP contribution in [0.1, 0.15) is 50.7 Å². The SMILES string of the molecule is COC(=O)[C@@H](NC(=O)[C@]1(Cc2ccccc2)CCCN1C(=O)[C@@H]1CCCN1C(=O)OCc1ccccc1)C(C)C. The second-order valence-electron chi connectivity index (χ2n) is 10.9. The van der Waals surface area contributed by atoms with Gasteiger partial charge in [-0.05, 0) is 42.7 Å². The topological polar surface area (TPSA) is 105 Å². The van der Waals surface area contributed by atoms with E-state index in [-0.39, 0.29) is 24.3 Å². The lowest BCUT2D eigenvalue weighted by Gasteiger charge is -2.40. The Morgan fingerprint density at radius 1 is 0.950 bits per heavy atom. The van der Waals surface area contributed by atoms with Gasteiger partial charge in [0.1, 0.15) is 24.2 Å². The molecule has 2 aromatic rings. The van der Waals surface area contributed by atoms with Crippen LogP contribution in [0.25, 0.3) is 0 Å². The summed E-state index contributed by atoms with van der Waals surface area (Å²) in [7, 11) is 1.29. The summed E-state index contributed by atoms with van der Waals surface area (Å²) in [5.41, 5.74) is 0.560. The fourth-order valence-electron chi connectivity index (χ4n) is 5.76. The van der Waals surface area contributed by atoms with E-state index in [0.29, 0.717) is 45.2 Å². The second-order valence-corrected chi connectivity index (χ2v) is 10.9. The summed E-state index contributed by atoms with van der Waals surface area (Å²) in [5, 5.41) is 2.91. The average Bonchev–Trinajstić information content (AvgIpc) is 3.63. The van der Waals surface area contributed by atoms with Crippen LogP contribution in [0.3, 0.4) is 0 Å². The molecule has 2 aromatic carbocycles. The standard InChI is InChI=1S/C31H39N3O6/c1-22(2)26(28(36)39-3)32-29(37)31(20-23-12-6-4-7-13-23)17-11-19-34(31)27(35)25-16-10-18-33(25)30(38)40-21-24-14-8-5-9-15-24/h4-9,12-15,22,25-26H,10-11,16-21H2,1-3H3,(H,32,37)/t25-,26-,31+/m0/s1. The number of esters is 1. The minimum absolute atomic E-state index is 0.116. The number of ether oxygens (including phenoxy) is 2. The molecule has 2 fully saturated rings. The number of nitrogens with one attached hydrogen (secondary N) is 1. The van der Waals surface area contributed by atoms with Gasteiger partial charge in [0.25, 0.3) is 0 Å². The molecule has 2 aliphatic rings. The normalized spacial score (nSPS) is 21.2. The van der Waals surface area contributed by atoms with Crippen molar-refractivity contribution in [3.8, 4) is 0 Å². The van der Waals surface area contributed by atoms with Crippen LogP contribution in [0.15, 0.2) is 60.7 Å². The van der Waals surface area contributed by atoms with Crippen molar-refractivity contribution in [2.75, 3.05) is 20.2 Å². The number of hydrogen-bond donors (Lipinski definition) is 1. The van der Waals surface area contributed by atoms with E-state index in [1.807, 2.05) is 74.5 Å². The van der Waals surface area contributed by atoms with E-state index >= 15 is 0 Å². The molecule has 40 heavy (non-hydrogen) atoms. The number of hydrogen-bond acceptors (Lipinski definition) is 6. The van der Waals surface area contributed by atoms with Crippen LogP contribution in [-0.4, -0.2) is 71.5 Å². The van der Waals surface area contributed by atoms with Gasteiger partial charge in [0.05, 0.1) is 7.11 Å². The Morgan fingerprint density at radius 2 is 1.60 bits per heavy atom. The third kappa shape index (κ3) is 6.29. The number of methoxy groups -OCH3 is 1. The number of rotatable bonds is 9. The first-order valence-corrected chi connectivity index (χ1v) is 14.0. The molecule has 0 aliphatic carbocycles. The molecule has 3 atom stereocenters. The molecule has 2 saturated heterocycles. The average molecular weight is 550 g/mol. The van der Waals surface area contributed by atoms with Gasteiger partial charge in [-0.3, -0.25) is 14.5 Å². The predicted molar refractivity (Wildman–Crippen MR) is 149 cm³/mol. The van der Waals surface area contributed by atoms with Crippen molar-refractivity contribution in [3.05, 3.63) is 71.8 Å². The third-order valence-corrected chi connectivity index (χ3v) is 7.90. The first kappa shape index (κ1) is 29.1. The Balaban J connectivity index is 1.58. The molecule has 3 amide bonds. The van der Waals surface area contributed by atoms with E-state index in [1.54, 1.807) is 4.90 Å². The van der Waals surface area contributed by atoms with Crippen LogP contribution in [0, 0.1) is 5.92 Å². The van der Waals surface area contributed by atoms with E-state index in [9.17, 15) is 19.2 Å². The van der Waals surface area contributed by atoms with Gasteiger partial charge in [-0.1, -0.05) is 74.5 Å². The van der Waals surface area contributed by atoms with Crippen LogP contribution in [0.4, 0.5) is 4.79 Å². The Kier molecular flexibility index (Phi) is 9.45. The fourth-order valence-corrected chi connectivity index (χ4v) is 5.76. The maximum Gasteiger partial charge on any atom is 0.410 e. The van der Waals surface area contributed by atoms with E-state index in [0.717, 1.165) is 11.1 Å². The molecule has 0 radical (unpaired) electrons. The van der Waals surface area contributed by atoms with E-state index < -0.39 is 29.7 Å². The highest BCUT2D eigenvalue weighted by molar-refractivity contribution is 5.97. The van der Waals surface area contributed by atoms with Crippen molar-refractivity contribution in [3.63, 3.8) is 0 Å². The number of carbonyl (C=O) groups is 4. The third-order valence-electron chi connectivity index (χ3n) is 7.90. The molecule has 0 saturated carbocycles. The number of likely N-dealkylation sites (tertiary alicyclic amines) is 2. The highest BCUT2D eigenvalue weighted by Crippen LogP contribution is 2.36. The summed E-state index contributed by atoms with van der Waals surface area (Å²) in [6.45, 7) is 4.58. The van der Waals surface area contributed by atoms with E-state index in [1.165, 1.54) is 12.0 Å². The first-order valence-electron chi connectivity index (χ1n) is 14.0. The van der Waals surface area contributed by atoms with E-state index in [2.05, 4.69) is 5.32 Å². The summed E-state index contributed by atoms with van der Waals surface area (Å²) < 4.78 is 10.5. The van der Waals surface area contributed by atoms with Crippen LogP contribution in [0.5, 0.6) is 0 Å². The monoisotopic (exact) mass is 549 g/mol. The van der Waals surface area contributed by atoms with Crippen molar-refractivity contribution < 1.29 is 28.7 Å². The zero-order valence-electron chi connectivity index (χ0n) is 23.5. The summed E-state index contributed by atoms with van der Waals surface area (Å²) >= 11 is 0. The lowest BCUT2D eigenvalue weighted by molar-refractivity contribution is -0.151. The fraction of sp³-hybridized carbons (Fsp3) is 0.484. The molecule has 9 heteroatoms. The molecule has 2 heterocycles. The molecule has 214 valence electrons. The van der Waals surface area contributed by atoms with Crippen molar-refractivity contribution in [2.24, 2.45) is 5.92 Å². The van der Waals surface area contributed by atoms with Crippen LogP contribution >= 0.6 is 0 Å². The zero-order chi connectivity index (χ0) is 28.7. The van der Waals surface area contributed by atoms with Gasteiger partial charge in [-0.15, -0.1) is 0 Å². The summed E-state index contributed by atoms with van der Waals surface area (Å²) in [4.78, 5) is 56.9. The van der Waals surface area contributed by atoms with Crippen molar-refractivity contribution in [1.82, 2.24) is 15.1 Å². The predicted octanol–water partition coefficient (Wildman–Crippen LogP) is 3.71. The van der Waals surface area contributed by atoms with Crippen molar-refractivity contribution in [1.29, 1.82) is 0 Å². The van der Waals surface area contributed by atoms with Gasteiger partial charge >= 0.3 is 12.1 Å². The molecule has 0 bridgehead atoms. The minimum atomic E-state index is -1.21. The number of amides is 3. The van der Waals surface area contributed by atoms with Gasteiger partial charge in [0, 0.05) is 19.5 Å². The van der Waals surface area contributed by atoms with Crippen LogP contribution in [-0.2, 0) is 36.9 Å². The van der Waals surface area contributed by atoms with Crippen molar-refractivity contribution >= 4 is 23.9 Å². The summed E-state index contributed by atoms with van der Waals surface area (Å²) in [6.07, 6.45) is 1.99. The van der Waals surface area contributed by atoms with Gasteiger partial charge in [-0.2, -0.15) is 0 Å². The van der Waals surface area contributed by atoms with Crippen molar-refractivity contribution in [2.45, 2.75) is 70.2 Å². The molecule has 4 rings (SSSR count). The smallest absolute Gasteiger partial charge is 0.410 e. The lowest BCUT2D eigenvalue weighted by atomic mass is 9.85. The maximum absolute atomic E-state index is 14.2. The van der Waals surface area contributed by atoms with Gasteiger partial charge < -0.3 is 19.7 Å². The Hall–Kier alpha value is -3.88. The molecular weight excluding hydrogens is 510 g/mol. The highest BCUT2D eigenvalue weighted by atomic mass is 16.6. The van der Waals surface area contributed by atoms with Gasteiger partial charge in [0.15, 0.2) is 0 Å². The van der Waals surface area contributed by atoms with Crippen LogP contribution in [0.2, 0.25) is 0 Å². The molecule has 2 aliphatic heterocycles. The molecule has 0 aromatic heterocycles. The quantitative estimate of drug-likeness (QED) is 0.478. The minimum Gasteiger partial charge on any atom is -0.467 e. The molecule has 0 spiro atoms. The van der Waals surface area contributed by atoms with E-state index in [4.69, 9.17) is 9.47 Å². The molecule has 1 N–H and O–H groups in total. The Labute approximate surface area is 235 Å².